The van der Waals surface area contributed by atoms with E-state index in [0.717, 1.165) is 0 Å². The molecular formula is C13H27NS. The van der Waals surface area contributed by atoms with E-state index >= 15 is 0 Å². The summed E-state index contributed by atoms with van der Waals surface area (Å²) in [4.78, 5) is 2.67. The molecule has 0 aromatic rings. The monoisotopic (exact) mass is 229 g/mol. The summed E-state index contributed by atoms with van der Waals surface area (Å²) in [5.41, 5.74) is 0. The Morgan fingerprint density at radius 3 is 1.80 bits per heavy atom. The van der Waals surface area contributed by atoms with Gasteiger partial charge in [-0.05, 0) is 37.8 Å². The van der Waals surface area contributed by atoms with Crippen molar-refractivity contribution in [3.63, 3.8) is 0 Å². The van der Waals surface area contributed by atoms with Gasteiger partial charge in [-0.25, -0.2) is 0 Å². The minimum Gasteiger partial charge on any atom is -0.299 e. The van der Waals surface area contributed by atoms with Gasteiger partial charge in [-0.3, -0.25) is 4.90 Å². The molecule has 15 heavy (non-hydrogen) atoms. The standard InChI is InChI=1S/C13H27NS/c1-10(2)12(13(15)11(3)4)14-8-6-5-7-9-14/h10-13,15H,5-9H2,1-4H3/t12-,13-/m0/s1. The van der Waals surface area contributed by atoms with Gasteiger partial charge in [0.2, 0.25) is 0 Å². The van der Waals surface area contributed by atoms with Crippen LogP contribution in [0.1, 0.15) is 47.0 Å². The summed E-state index contributed by atoms with van der Waals surface area (Å²) < 4.78 is 0. The van der Waals surface area contributed by atoms with Gasteiger partial charge in [0.1, 0.15) is 0 Å². The van der Waals surface area contributed by atoms with E-state index in [4.69, 9.17) is 12.6 Å². The van der Waals surface area contributed by atoms with Crippen LogP contribution in [0.15, 0.2) is 0 Å². The van der Waals surface area contributed by atoms with Crippen molar-refractivity contribution in [2.24, 2.45) is 11.8 Å². The van der Waals surface area contributed by atoms with Crippen LogP contribution >= 0.6 is 12.6 Å². The molecule has 2 heteroatoms. The first kappa shape index (κ1) is 13.4. The lowest BCUT2D eigenvalue weighted by molar-refractivity contribution is 0.116. The van der Waals surface area contributed by atoms with Crippen molar-refractivity contribution in [1.29, 1.82) is 0 Å². The van der Waals surface area contributed by atoms with E-state index < -0.39 is 0 Å². The third kappa shape index (κ3) is 3.67. The first-order valence-corrected chi connectivity index (χ1v) is 6.97. The summed E-state index contributed by atoms with van der Waals surface area (Å²) in [6.45, 7) is 11.8. The van der Waals surface area contributed by atoms with Gasteiger partial charge in [0.25, 0.3) is 0 Å². The number of nitrogens with zero attached hydrogens (tertiary/aromatic N) is 1. The van der Waals surface area contributed by atoms with Gasteiger partial charge in [0, 0.05) is 11.3 Å². The van der Waals surface area contributed by atoms with Gasteiger partial charge in [0.05, 0.1) is 0 Å². The number of likely N-dealkylation sites (tertiary alicyclic amines) is 1. The molecule has 1 aliphatic heterocycles. The maximum atomic E-state index is 4.83. The van der Waals surface area contributed by atoms with E-state index in [0.29, 0.717) is 23.1 Å². The second kappa shape index (κ2) is 6.15. The maximum absolute atomic E-state index is 4.83. The fourth-order valence-corrected chi connectivity index (χ4v) is 3.18. The number of rotatable bonds is 4. The van der Waals surface area contributed by atoms with Gasteiger partial charge in [-0.1, -0.05) is 34.1 Å². The zero-order valence-corrected chi connectivity index (χ0v) is 11.6. The Kier molecular flexibility index (Phi) is 5.48. The molecule has 90 valence electrons. The molecule has 1 nitrogen and oxygen atoms in total. The molecule has 1 rings (SSSR count). The van der Waals surface area contributed by atoms with Gasteiger partial charge in [0.15, 0.2) is 0 Å². The van der Waals surface area contributed by atoms with E-state index in [1.807, 2.05) is 0 Å². The van der Waals surface area contributed by atoms with Crippen LogP contribution in [0.4, 0.5) is 0 Å². The molecule has 0 N–H and O–H groups in total. The maximum Gasteiger partial charge on any atom is 0.0237 e. The average molecular weight is 229 g/mol. The average Bonchev–Trinajstić information content (AvgIpc) is 2.18. The molecule has 0 aliphatic carbocycles. The predicted octanol–water partition coefficient (Wildman–Crippen LogP) is 3.45. The molecule has 0 aromatic heterocycles. The molecule has 1 fully saturated rings. The number of thiol groups is 1. The van der Waals surface area contributed by atoms with Crippen molar-refractivity contribution in [2.45, 2.75) is 58.2 Å². The second-order valence-electron chi connectivity index (χ2n) is 5.57. The zero-order valence-electron chi connectivity index (χ0n) is 10.7. The second-order valence-corrected chi connectivity index (χ2v) is 6.16. The summed E-state index contributed by atoms with van der Waals surface area (Å²) in [5.74, 6) is 1.38. The van der Waals surface area contributed by atoms with E-state index in [2.05, 4.69) is 32.6 Å². The van der Waals surface area contributed by atoms with Crippen molar-refractivity contribution in [3.8, 4) is 0 Å². The summed E-state index contributed by atoms with van der Waals surface area (Å²) in [7, 11) is 0. The molecule has 0 saturated carbocycles. The number of hydrogen-bond donors (Lipinski definition) is 1. The Labute approximate surface area is 101 Å². The minimum atomic E-state index is 0.517. The van der Waals surface area contributed by atoms with Gasteiger partial charge >= 0.3 is 0 Å². The van der Waals surface area contributed by atoms with Crippen molar-refractivity contribution in [1.82, 2.24) is 4.90 Å². The molecule has 0 aromatic carbocycles. The van der Waals surface area contributed by atoms with Crippen LogP contribution < -0.4 is 0 Å². The lowest BCUT2D eigenvalue weighted by atomic mass is 9.91. The SMILES string of the molecule is CC(C)[C@H](S)[C@H](C(C)C)N1CCCCC1. The lowest BCUT2D eigenvalue weighted by Gasteiger charge is -2.41. The molecule has 1 aliphatic rings. The van der Waals surface area contributed by atoms with Crippen molar-refractivity contribution < 1.29 is 0 Å². The van der Waals surface area contributed by atoms with Gasteiger partial charge in [-0.15, -0.1) is 0 Å². The van der Waals surface area contributed by atoms with Gasteiger partial charge < -0.3 is 0 Å². The normalized spacial score (nSPS) is 23.4. The summed E-state index contributed by atoms with van der Waals surface area (Å²) in [5, 5.41) is 0.517. The summed E-state index contributed by atoms with van der Waals surface area (Å²) in [6, 6.07) is 0.661. The van der Waals surface area contributed by atoms with Crippen LogP contribution in [-0.2, 0) is 0 Å². The molecule has 0 spiro atoms. The fraction of sp³-hybridized carbons (Fsp3) is 1.00. The predicted molar refractivity (Wildman–Crippen MR) is 71.7 cm³/mol. The Bertz CT molecular complexity index is 173. The van der Waals surface area contributed by atoms with Crippen molar-refractivity contribution in [2.75, 3.05) is 13.1 Å². The molecule has 1 saturated heterocycles. The third-order valence-corrected chi connectivity index (χ3v) is 4.43. The topological polar surface area (TPSA) is 3.24 Å². The highest BCUT2D eigenvalue weighted by Crippen LogP contribution is 2.26. The van der Waals surface area contributed by atoms with Crippen LogP contribution in [0.2, 0.25) is 0 Å². The quantitative estimate of drug-likeness (QED) is 0.723. The van der Waals surface area contributed by atoms with Crippen LogP contribution in [0, 0.1) is 11.8 Å². The van der Waals surface area contributed by atoms with Crippen molar-refractivity contribution in [3.05, 3.63) is 0 Å². The van der Waals surface area contributed by atoms with E-state index in [1.54, 1.807) is 0 Å². The largest absolute Gasteiger partial charge is 0.299 e. The Morgan fingerprint density at radius 2 is 1.40 bits per heavy atom. The van der Waals surface area contributed by atoms with E-state index in [1.165, 1.54) is 32.4 Å². The number of piperidine rings is 1. The summed E-state index contributed by atoms with van der Waals surface area (Å²) in [6.07, 6.45) is 4.17. The molecule has 0 bridgehead atoms. The molecule has 0 radical (unpaired) electrons. The Hall–Kier alpha value is 0.310. The first-order chi connectivity index (χ1) is 7.04. The molecular weight excluding hydrogens is 202 g/mol. The van der Waals surface area contributed by atoms with Crippen LogP contribution in [0.25, 0.3) is 0 Å². The highest BCUT2D eigenvalue weighted by Gasteiger charge is 2.30. The lowest BCUT2D eigenvalue weighted by Crippen LogP contribution is -2.48. The third-order valence-electron chi connectivity index (χ3n) is 3.53. The molecule has 0 unspecified atom stereocenters. The molecule has 1 heterocycles. The van der Waals surface area contributed by atoms with Crippen LogP contribution in [-0.4, -0.2) is 29.3 Å². The van der Waals surface area contributed by atoms with Gasteiger partial charge in [-0.2, -0.15) is 12.6 Å². The smallest absolute Gasteiger partial charge is 0.0237 e. The highest BCUT2D eigenvalue weighted by atomic mass is 32.1. The van der Waals surface area contributed by atoms with E-state index in [-0.39, 0.29) is 0 Å². The Morgan fingerprint density at radius 1 is 0.867 bits per heavy atom. The van der Waals surface area contributed by atoms with Crippen LogP contribution in [0.3, 0.4) is 0 Å². The first-order valence-electron chi connectivity index (χ1n) is 6.46. The molecule has 0 amide bonds. The summed E-state index contributed by atoms with van der Waals surface area (Å²) >= 11 is 4.83. The Balaban J connectivity index is 2.63. The highest BCUT2D eigenvalue weighted by molar-refractivity contribution is 7.81. The fourth-order valence-electron chi connectivity index (χ4n) is 2.64. The zero-order chi connectivity index (χ0) is 11.4. The van der Waals surface area contributed by atoms with Crippen molar-refractivity contribution >= 4 is 12.6 Å². The number of hydrogen-bond acceptors (Lipinski definition) is 2. The minimum absolute atomic E-state index is 0.517. The molecule has 2 atom stereocenters. The van der Waals surface area contributed by atoms with Crippen LogP contribution in [0.5, 0.6) is 0 Å². The van der Waals surface area contributed by atoms with E-state index in [9.17, 15) is 0 Å².